The van der Waals surface area contributed by atoms with E-state index >= 15 is 0 Å². The molecule has 0 aliphatic rings. The zero-order valence-electron chi connectivity index (χ0n) is 29.3. The van der Waals surface area contributed by atoms with Gasteiger partial charge in [-0.05, 0) is 57.8 Å². The second-order valence-corrected chi connectivity index (χ2v) is 13.6. The third-order valence-corrected chi connectivity index (χ3v) is 7.62. The number of phosphoric ester groups is 1. The van der Waals surface area contributed by atoms with Crippen LogP contribution in [0, 0.1) is 0 Å². The maximum atomic E-state index is 12.6. The lowest BCUT2D eigenvalue weighted by atomic mass is 10.1. The summed E-state index contributed by atoms with van der Waals surface area (Å²) in [5.74, 6) is -0.273. The Hall–Kier alpha value is -2.32. The number of likely N-dealkylation sites (N-methyl/N-ethyl adjacent to an activating group) is 1. The van der Waals surface area contributed by atoms with Crippen LogP contribution in [0.25, 0.3) is 0 Å². The molecule has 0 fully saturated rings. The smallest absolute Gasteiger partial charge is 0.387 e. The fourth-order valence-corrected chi connectivity index (χ4v) is 4.62. The highest BCUT2D eigenvalue weighted by Gasteiger charge is 2.27. The maximum Gasteiger partial charge on any atom is 0.472 e. The number of phosphoric acid groups is 1. The SMILES string of the molecule is CC/C=C\C/C=C\C/C=C\C/C=C\C/C=C\C/C=C\CCC(=O)NC(COP(=O)(O)OCC[N+](C)(C)C)C(O)/C=C/CCCCC. The Balaban J connectivity index is 4.54. The van der Waals surface area contributed by atoms with Gasteiger partial charge in [0, 0.05) is 6.42 Å². The van der Waals surface area contributed by atoms with Crippen molar-refractivity contribution in [1.29, 1.82) is 0 Å². The first-order valence-corrected chi connectivity index (χ1v) is 18.5. The van der Waals surface area contributed by atoms with Crippen molar-refractivity contribution in [1.82, 2.24) is 5.32 Å². The monoisotopic (exact) mass is 663 g/mol. The molecule has 262 valence electrons. The van der Waals surface area contributed by atoms with Gasteiger partial charge in [-0.1, -0.05) is 112 Å². The van der Waals surface area contributed by atoms with Gasteiger partial charge in [0.1, 0.15) is 13.2 Å². The summed E-state index contributed by atoms with van der Waals surface area (Å²) in [7, 11) is 1.50. The van der Waals surface area contributed by atoms with Gasteiger partial charge in [-0.3, -0.25) is 13.8 Å². The van der Waals surface area contributed by atoms with Crippen LogP contribution in [0.1, 0.15) is 90.9 Å². The summed E-state index contributed by atoms with van der Waals surface area (Å²) < 4.78 is 23.2. The Labute approximate surface area is 280 Å². The molecule has 0 aromatic rings. The first-order chi connectivity index (χ1) is 22.0. The number of aliphatic hydroxyl groups is 1. The number of unbranched alkanes of at least 4 members (excludes halogenated alkanes) is 3. The molecule has 3 atom stereocenters. The number of quaternary nitrogens is 1. The predicted octanol–water partition coefficient (Wildman–Crippen LogP) is 8.29. The molecule has 0 rings (SSSR count). The molecule has 0 aliphatic heterocycles. The van der Waals surface area contributed by atoms with Gasteiger partial charge in [0.25, 0.3) is 0 Å². The van der Waals surface area contributed by atoms with Crippen LogP contribution in [0.5, 0.6) is 0 Å². The van der Waals surface area contributed by atoms with Gasteiger partial charge in [-0.2, -0.15) is 0 Å². The van der Waals surface area contributed by atoms with Crippen molar-refractivity contribution >= 4 is 13.7 Å². The van der Waals surface area contributed by atoms with E-state index in [-0.39, 0.29) is 25.5 Å². The van der Waals surface area contributed by atoms with E-state index < -0.39 is 20.0 Å². The predicted molar refractivity (Wildman–Crippen MR) is 193 cm³/mol. The second kappa shape index (κ2) is 28.9. The lowest BCUT2D eigenvalue weighted by Gasteiger charge is -2.25. The Morgan fingerprint density at radius 1 is 0.761 bits per heavy atom. The molecule has 0 aromatic carbocycles. The van der Waals surface area contributed by atoms with Gasteiger partial charge < -0.3 is 19.8 Å². The first-order valence-electron chi connectivity index (χ1n) is 17.0. The van der Waals surface area contributed by atoms with Gasteiger partial charge in [-0.25, -0.2) is 4.57 Å². The summed E-state index contributed by atoms with van der Waals surface area (Å²) in [5.41, 5.74) is 0. The van der Waals surface area contributed by atoms with Crippen molar-refractivity contribution < 1.29 is 32.9 Å². The van der Waals surface area contributed by atoms with E-state index in [4.69, 9.17) is 9.05 Å². The molecule has 9 heteroatoms. The molecule has 0 aliphatic carbocycles. The van der Waals surface area contributed by atoms with Gasteiger partial charge in [-0.15, -0.1) is 0 Å². The molecular formula is C37H64N2O6P+. The number of nitrogens with zero attached hydrogens (tertiary/aromatic N) is 1. The van der Waals surface area contributed by atoms with E-state index in [2.05, 4.69) is 79.9 Å². The summed E-state index contributed by atoms with van der Waals surface area (Å²) in [4.78, 5) is 22.7. The third kappa shape index (κ3) is 30.3. The van der Waals surface area contributed by atoms with Crippen LogP contribution >= 0.6 is 7.82 Å². The van der Waals surface area contributed by atoms with Crippen LogP contribution in [0.4, 0.5) is 0 Å². The molecule has 0 radical (unpaired) electrons. The third-order valence-electron chi connectivity index (χ3n) is 6.63. The van der Waals surface area contributed by atoms with Crippen molar-refractivity contribution in [2.75, 3.05) is 40.9 Å². The highest BCUT2D eigenvalue weighted by Crippen LogP contribution is 2.43. The van der Waals surface area contributed by atoms with Crippen LogP contribution in [-0.4, -0.2) is 73.4 Å². The molecule has 8 nitrogen and oxygen atoms in total. The molecule has 0 saturated carbocycles. The number of carbonyl (C=O) groups excluding carboxylic acids is 1. The molecule has 0 bridgehead atoms. The normalized spacial score (nSPS) is 15.9. The van der Waals surface area contributed by atoms with Crippen molar-refractivity contribution in [2.45, 2.75) is 103 Å². The lowest BCUT2D eigenvalue weighted by Crippen LogP contribution is -2.45. The summed E-state index contributed by atoms with van der Waals surface area (Å²) in [6.45, 7) is 4.47. The van der Waals surface area contributed by atoms with Crippen molar-refractivity contribution in [3.05, 3.63) is 85.1 Å². The number of hydrogen-bond donors (Lipinski definition) is 3. The maximum absolute atomic E-state index is 12.6. The van der Waals surface area contributed by atoms with Crippen molar-refractivity contribution in [2.24, 2.45) is 0 Å². The minimum atomic E-state index is -4.34. The van der Waals surface area contributed by atoms with E-state index in [0.29, 0.717) is 17.4 Å². The minimum Gasteiger partial charge on any atom is -0.387 e. The largest absolute Gasteiger partial charge is 0.472 e. The number of allylic oxidation sites excluding steroid dienone is 13. The Kier molecular flexibility index (Phi) is 27.4. The number of rotatable bonds is 28. The van der Waals surface area contributed by atoms with E-state index in [1.54, 1.807) is 6.08 Å². The molecule has 0 aromatic heterocycles. The fraction of sp³-hybridized carbons (Fsp3) is 0.595. The Morgan fingerprint density at radius 3 is 1.78 bits per heavy atom. The molecule has 0 spiro atoms. The van der Waals surface area contributed by atoms with Crippen LogP contribution in [0.2, 0.25) is 0 Å². The molecule has 0 heterocycles. The Bertz CT molecular complexity index is 1020. The van der Waals surface area contributed by atoms with Crippen LogP contribution in [-0.2, 0) is 18.4 Å². The van der Waals surface area contributed by atoms with Crippen LogP contribution < -0.4 is 5.32 Å². The number of carbonyl (C=O) groups is 1. The van der Waals surface area contributed by atoms with Crippen molar-refractivity contribution in [3.8, 4) is 0 Å². The zero-order chi connectivity index (χ0) is 34.4. The average molecular weight is 664 g/mol. The second-order valence-electron chi connectivity index (χ2n) is 12.2. The summed E-state index contributed by atoms with van der Waals surface area (Å²) in [6, 6.07) is -0.886. The van der Waals surface area contributed by atoms with E-state index in [1.165, 1.54) is 0 Å². The van der Waals surface area contributed by atoms with Crippen molar-refractivity contribution in [3.63, 3.8) is 0 Å². The molecule has 3 N–H and O–H groups in total. The minimum absolute atomic E-state index is 0.0418. The Morgan fingerprint density at radius 2 is 1.28 bits per heavy atom. The first kappa shape index (κ1) is 43.7. The fourth-order valence-electron chi connectivity index (χ4n) is 3.88. The standard InChI is InChI=1S/C37H63N2O6P/c1-6-8-10-12-13-14-15-16-17-18-19-20-21-22-23-24-25-27-29-31-37(41)38-35(36(40)30-28-26-11-9-7-2)34-45-46(42,43)44-33-32-39(3,4)5/h8,10,13-14,16-17,19-20,22-23,25,27-28,30,35-36,40H,6-7,9,11-12,15,18,21,24,26,29,31-34H2,1-5H3,(H-,38,41,42,43)/p+1/b10-8-,14-13-,17-16-,20-19-,23-22-,27-25-,30-28+. The molecular weight excluding hydrogens is 599 g/mol. The van der Waals surface area contributed by atoms with E-state index in [9.17, 15) is 19.4 Å². The van der Waals surface area contributed by atoms with Gasteiger partial charge >= 0.3 is 7.82 Å². The lowest BCUT2D eigenvalue weighted by molar-refractivity contribution is -0.870. The topological polar surface area (TPSA) is 105 Å². The molecule has 1 amide bonds. The van der Waals surface area contributed by atoms with Crippen LogP contribution in [0.15, 0.2) is 85.1 Å². The van der Waals surface area contributed by atoms with Crippen LogP contribution in [0.3, 0.4) is 0 Å². The average Bonchev–Trinajstić information content (AvgIpc) is 2.99. The van der Waals surface area contributed by atoms with Gasteiger partial charge in [0.2, 0.25) is 5.91 Å². The van der Waals surface area contributed by atoms with E-state index in [0.717, 1.165) is 64.2 Å². The van der Waals surface area contributed by atoms with Gasteiger partial charge in [0.05, 0.1) is 39.9 Å². The van der Waals surface area contributed by atoms with Gasteiger partial charge in [0.15, 0.2) is 0 Å². The number of hydrogen-bond acceptors (Lipinski definition) is 5. The molecule has 0 saturated heterocycles. The molecule has 3 unspecified atom stereocenters. The quantitative estimate of drug-likeness (QED) is 0.0337. The number of aliphatic hydroxyl groups excluding tert-OH is 1. The number of amides is 1. The summed E-state index contributed by atoms with van der Waals surface area (Å²) in [6.07, 6.45) is 38.5. The summed E-state index contributed by atoms with van der Waals surface area (Å²) >= 11 is 0. The number of nitrogens with one attached hydrogen (secondary N) is 1. The molecule has 46 heavy (non-hydrogen) atoms. The zero-order valence-corrected chi connectivity index (χ0v) is 30.2. The highest BCUT2D eigenvalue weighted by atomic mass is 31.2. The summed E-state index contributed by atoms with van der Waals surface area (Å²) in [5, 5.41) is 13.5. The van der Waals surface area contributed by atoms with E-state index in [1.807, 2.05) is 39.4 Å². The highest BCUT2D eigenvalue weighted by molar-refractivity contribution is 7.47.